The van der Waals surface area contributed by atoms with E-state index in [1.807, 2.05) is 30.5 Å². The van der Waals surface area contributed by atoms with Gasteiger partial charge in [-0.05, 0) is 44.7 Å². The van der Waals surface area contributed by atoms with E-state index in [1.54, 1.807) is 11.3 Å². The van der Waals surface area contributed by atoms with Gasteiger partial charge in [-0.2, -0.15) is 0 Å². The zero-order chi connectivity index (χ0) is 17.9. The summed E-state index contributed by atoms with van der Waals surface area (Å²) < 4.78 is 0. The summed E-state index contributed by atoms with van der Waals surface area (Å²) in [6.07, 6.45) is 4.75. The first-order valence-electron chi connectivity index (χ1n) is 8.59. The van der Waals surface area contributed by atoms with Gasteiger partial charge in [-0.15, -0.1) is 22.7 Å². The van der Waals surface area contributed by atoms with Crippen LogP contribution in [0.25, 0.3) is 0 Å². The van der Waals surface area contributed by atoms with Crippen molar-refractivity contribution in [3.05, 3.63) is 45.5 Å². The van der Waals surface area contributed by atoms with E-state index in [0.29, 0.717) is 5.13 Å². The number of anilines is 3. The number of carbonyl (C=O) groups excluding carboxylic acids is 1. The number of hydrogen-bond acceptors (Lipinski definition) is 7. The monoisotopic (exact) mass is 385 g/mol. The van der Waals surface area contributed by atoms with E-state index < -0.39 is 0 Å². The minimum absolute atomic E-state index is 0.0818. The minimum atomic E-state index is -0.0818. The van der Waals surface area contributed by atoms with Crippen molar-refractivity contribution < 1.29 is 4.79 Å². The van der Waals surface area contributed by atoms with Gasteiger partial charge in [0.25, 0.3) is 0 Å². The second-order valence-corrected chi connectivity index (χ2v) is 8.20. The van der Waals surface area contributed by atoms with Gasteiger partial charge in [-0.1, -0.05) is 6.07 Å². The van der Waals surface area contributed by atoms with E-state index in [9.17, 15) is 4.79 Å². The molecule has 3 aromatic heterocycles. The van der Waals surface area contributed by atoms with Crippen LogP contribution in [-0.4, -0.2) is 20.9 Å². The van der Waals surface area contributed by atoms with Gasteiger partial charge in [0.05, 0.1) is 17.8 Å². The largest absolute Gasteiger partial charge is 0.316 e. The molecule has 0 radical (unpaired) electrons. The number of thiazole rings is 2. The van der Waals surface area contributed by atoms with Crippen molar-refractivity contribution in [1.29, 1.82) is 0 Å². The van der Waals surface area contributed by atoms with Crippen molar-refractivity contribution in [1.82, 2.24) is 15.0 Å². The number of carbonyl (C=O) groups is 1. The molecule has 0 saturated heterocycles. The Bertz CT molecular complexity index is 910. The van der Waals surface area contributed by atoms with Crippen molar-refractivity contribution in [2.24, 2.45) is 0 Å². The van der Waals surface area contributed by atoms with Gasteiger partial charge in [-0.3, -0.25) is 4.79 Å². The molecule has 0 fully saturated rings. The Kier molecular flexibility index (Phi) is 4.94. The Hall–Kier alpha value is -2.32. The van der Waals surface area contributed by atoms with Crippen molar-refractivity contribution in [3.8, 4) is 0 Å². The molecule has 2 N–H and O–H groups in total. The zero-order valence-electron chi connectivity index (χ0n) is 14.4. The number of pyridine rings is 1. The van der Waals surface area contributed by atoms with Crippen LogP contribution >= 0.6 is 22.7 Å². The van der Waals surface area contributed by atoms with Crippen molar-refractivity contribution in [2.45, 2.75) is 39.0 Å². The van der Waals surface area contributed by atoms with Crippen LogP contribution in [-0.2, 0) is 24.1 Å². The van der Waals surface area contributed by atoms with Gasteiger partial charge < -0.3 is 10.6 Å². The lowest BCUT2D eigenvalue weighted by atomic mass is 10.0. The molecular weight excluding hydrogens is 366 g/mol. The Balaban J connectivity index is 1.36. The number of aromatic nitrogens is 3. The van der Waals surface area contributed by atoms with E-state index in [1.165, 1.54) is 29.1 Å². The second-order valence-electron chi connectivity index (χ2n) is 6.25. The third-order valence-electron chi connectivity index (χ3n) is 4.11. The number of hydrogen-bond donors (Lipinski definition) is 2. The molecule has 8 heteroatoms. The summed E-state index contributed by atoms with van der Waals surface area (Å²) in [4.78, 5) is 27.0. The molecular formula is C18H19N5OS2. The van der Waals surface area contributed by atoms with Crippen LogP contribution < -0.4 is 10.6 Å². The molecule has 0 unspecified atom stereocenters. The average molecular weight is 386 g/mol. The highest BCUT2D eigenvalue weighted by Crippen LogP contribution is 2.29. The van der Waals surface area contributed by atoms with Gasteiger partial charge in [-0.25, -0.2) is 15.0 Å². The Morgan fingerprint density at radius 2 is 2.04 bits per heavy atom. The fourth-order valence-electron chi connectivity index (χ4n) is 2.90. The van der Waals surface area contributed by atoms with Crippen molar-refractivity contribution >= 4 is 44.7 Å². The molecule has 1 aliphatic rings. The van der Waals surface area contributed by atoms with Gasteiger partial charge in [0, 0.05) is 16.0 Å². The maximum absolute atomic E-state index is 12.3. The molecule has 0 bridgehead atoms. The topological polar surface area (TPSA) is 79.8 Å². The van der Waals surface area contributed by atoms with Crippen molar-refractivity contribution in [2.75, 3.05) is 10.6 Å². The van der Waals surface area contributed by atoms with E-state index in [-0.39, 0.29) is 12.3 Å². The van der Waals surface area contributed by atoms with Crippen LogP contribution in [0.15, 0.2) is 23.6 Å². The standard InChI is InChI=1S/C18H19N5OS2/c1-11-5-4-8-15(19-11)22-17-20-12(10-25-17)9-16(24)23-18-21-13-6-2-3-7-14(13)26-18/h4-5,8,10H,2-3,6-7,9H2,1H3,(H,19,20,22)(H,21,23,24). The van der Waals surface area contributed by atoms with Gasteiger partial charge in [0.1, 0.15) is 5.82 Å². The molecule has 4 rings (SSSR count). The van der Waals surface area contributed by atoms with E-state index >= 15 is 0 Å². The minimum Gasteiger partial charge on any atom is -0.316 e. The smallest absolute Gasteiger partial charge is 0.232 e. The summed E-state index contributed by atoms with van der Waals surface area (Å²) >= 11 is 3.07. The van der Waals surface area contributed by atoms with Gasteiger partial charge in [0.15, 0.2) is 10.3 Å². The number of fused-ring (bicyclic) bond motifs is 1. The highest BCUT2D eigenvalue weighted by molar-refractivity contribution is 7.16. The summed E-state index contributed by atoms with van der Waals surface area (Å²) in [6.45, 7) is 1.94. The van der Waals surface area contributed by atoms with E-state index in [0.717, 1.165) is 40.9 Å². The highest BCUT2D eigenvalue weighted by atomic mass is 32.1. The van der Waals surface area contributed by atoms with Crippen LogP contribution in [0.3, 0.4) is 0 Å². The third kappa shape index (κ3) is 4.08. The number of nitrogens with zero attached hydrogens (tertiary/aromatic N) is 3. The van der Waals surface area contributed by atoms with Crippen LogP contribution in [0.2, 0.25) is 0 Å². The lowest BCUT2D eigenvalue weighted by Crippen LogP contribution is -2.14. The Labute approximate surface area is 159 Å². The first-order chi connectivity index (χ1) is 12.7. The quantitative estimate of drug-likeness (QED) is 0.691. The Morgan fingerprint density at radius 3 is 2.88 bits per heavy atom. The van der Waals surface area contributed by atoms with Crippen LogP contribution in [0.5, 0.6) is 0 Å². The molecule has 6 nitrogen and oxygen atoms in total. The molecule has 0 spiro atoms. The first-order valence-corrected chi connectivity index (χ1v) is 10.3. The van der Waals surface area contributed by atoms with Gasteiger partial charge in [0.2, 0.25) is 5.91 Å². The molecule has 0 aromatic carbocycles. The maximum Gasteiger partial charge on any atom is 0.232 e. The van der Waals surface area contributed by atoms with Crippen molar-refractivity contribution in [3.63, 3.8) is 0 Å². The lowest BCUT2D eigenvalue weighted by Gasteiger charge is -2.06. The number of aryl methyl sites for hydroxylation is 3. The summed E-state index contributed by atoms with van der Waals surface area (Å²) in [7, 11) is 0. The second kappa shape index (κ2) is 7.51. The SMILES string of the molecule is Cc1cccc(Nc2nc(CC(=O)Nc3nc4c(s3)CCCC4)cs2)n1. The predicted octanol–water partition coefficient (Wildman–Crippen LogP) is 4.11. The van der Waals surface area contributed by atoms with E-state index in [4.69, 9.17) is 0 Å². The van der Waals surface area contributed by atoms with Gasteiger partial charge >= 0.3 is 0 Å². The predicted molar refractivity (Wildman–Crippen MR) is 105 cm³/mol. The highest BCUT2D eigenvalue weighted by Gasteiger charge is 2.17. The molecule has 0 atom stereocenters. The number of amides is 1. The Morgan fingerprint density at radius 1 is 1.15 bits per heavy atom. The normalized spacial score (nSPS) is 13.3. The summed E-state index contributed by atoms with van der Waals surface area (Å²) in [5.41, 5.74) is 2.84. The number of nitrogens with one attached hydrogen (secondary N) is 2. The summed E-state index contributed by atoms with van der Waals surface area (Å²) in [5.74, 6) is 0.672. The summed E-state index contributed by atoms with van der Waals surface area (Å²) in [6, 6.07) is 5.78. The van der Waals surface area contributed by atoms with Crippen LogP contribution in [0, 0.1) is 6.92 Å². The lowest BCUT2D eigenvalue weighted by molar-refractivity contribution is -0.115. The molecule has 26 heavy (non-hydrogen) atoms. The molecule has 1 aliphatic carbocycles. The van der Waals surface area contributed by atoms with Crippen LogP contribution in [0.1, 0.15) is 34.8 Å². The first kappa shape index (κ1) is 17.1. The van der Waals surface area contributed by atoms with E-state index in [2.05, 4.69) is 25.6 Å². The van der Waals surface area contributed by atoms with Crippen LogP contribution in [0.4, 0.5) is 16.1 Å². The zero-order valence-corrected chi connectivity index (χ0v) is 16.0. The fraction of sp³-hybridized carbons (Fsp3) is 0.333. The molecule has 134 valence electrons. The molecule has 3 heterocycles. The molecule has 3 aromatic rings. The molecule has 0 aliphatic heterocycles. The molecule has 0 saturated carbocycles. The molecule has 1 amide bonds. The average Bonchev–Trinajstić information content (AvgIpc) is 3.20. The maximum atomic E-state index is 12.3. The number of rotatable bonds is 5. The summed E-state index contributed by atoms with van der Waals surface area (Å²) in [5, 5.41) is 9.42. The third-order valence-corrected chi connectivity index (χ3v) is 5.99. The fourth-order valence-corrected chi connectivity index (χ4v) is 4.68.